The molecule has 3 N–H and O–H groups in total. The largest absolute Gasteiger partial charge is 0.489 e. The number of anilines is 3. The number of nitriles is 1. The van der Waals surface area contributed by atoms with E-state index in [4.69, 9.17) is 14.7 Å². The number of aliphatic hydroxyl groups is 1. The zero-order valence-electron chi connectivity index (χ0n) is 17.3. The second-order valence-corrected chi connectivity index (χ2v) is 8.03. The predicted molar refractivity (Wildman–Crippen MR) is 118 cm³/mol. The van der Waals surface area contributed by atoms with E-state index in [1.165, 1.54) is 12.1 Å². The van der Waals surface area contributed by atoms with Crippen molar-refractivity contribution < 1.29 is 14.2 Å². The second-order valence-electron chi connectivity index (χ2n) is 8.03. The van der Waals surface area contributed by atoms with Gasteiger partial charge < -0.3 is 20.5 Å². The maximum Gasteiger partial charge on any atom is 0.229 e. The molecule has 0 amide bonds. The van der Waals surface area contributed by atoms with Crippen molar-refractivity contribution in [1.29, 1.82) is 5.26 Å². The third kappa shape index (κ3) is 3.95. The standard InChI is InChI=1S/C24H22FN5O2/c25-16-4-1-14(2-5-16)19-7-8-20-22(19)29-24-28-17-6-3-15(12-26)21(11-17)32-13-18(31)9-10-27-23(20)30-24/h1-6,11,18-19,31H,7-10,13H2,(H2,27,28,29,30). The van der Waals surface area contributed by atoms with E-state index in [1.807, 2.05) is 0 Å². The number of hydrogen-bond acceptors (Lipinski definition) is 7. The van der Waals surface area contributed by atoms with Crippen LogP contribution in [0.1, 0.15) is 41.1 Å². The van der Waals surface area contributed by atoms with Gasteiger partial charge in [0.15, 0.2) is 0 Å². The second kappa shape index (κ2) is 8.44. The Morgan fingerprint density at radius 1 is 1.12 bits per heavy atom. The molecule has 7 nitrogen and oxygen atoms in total. The molecule has 2 unspecified atom stereocenters. The Morgan fingerprint density at radius 2 is 1.97 bits per heavy atom. The van der Waals surface area contributed by atoms with Crippen molar-refractivity contribution in [1.82, 2.24) is 9.97 Å². The van der Waals surface area contributed by atoms with Crippen LogP contribution in [-0.2, 0) is 6.42 Å². The van der Waals surface area contributed by atoms with Gasteiger partial charge in [0, 0.05) is 29.8 Å². The first-order chi connectivity index (χ1) is 15.6. The molecule has 2 aromatic carbocycles. The van der Waals surface area contributed by atoms with Crippen LogP contribution in [0.5, 0.6) is 5.75 Å². The van der Waals surface area contributed by atoms with Crippen LogP contribution in [-0.4, -0.2) is 34.3 Å². The molecule has 8 heteroatoms. The molecule has 0 radical (unpaired) electrons. The molecule has 0 fully saturated rings. The Kier molecular flexibility index (Phi) is 5.33. The van der Waals surface area contributed by atoms with Crippen molar-refractivity contribution in [2.24, 2.45) is 0 Å². The lowest BCUT2D eigenvalue weighted by Gasteiger charge is -2.16. The van der Waals surface area contributed by atoms with Crippen LogP contribution in [0.2, 0.25) is 0 Å². The summed E-state index contributed by atoms with van der Waals surface area (Å²) in [6, 6.07) is 13.8. The van der Waals surface area contributed by atoms with E-state index in [2.05, 4.69) is 16.7 Å². The van der Waals surface area contributed by atoms with Gasteiger partial charge in [-0.2, -0.15) is 10.2 Å². The number of fused-ring (bicyclic) bond motifs is 6. The Hall–Kier alpha value is -3.70. The molecule has 2 aliphatic rings. The highest BCUT2D eigenvalue weighted by Gasteiger charge is 2.30. The summed E-state index contributed by atoms with van der Waals surface area (Å²) < 4.78 is 19.1. The zero-order valence-corrected chi connectivity index (χ0v) is 17.3. The Bertz CT molecular complexity index is 1190. The molecule has 3 aromatic rings. The lowest BCUT2D eigenvalue weighted by molar-refractivity contribution is 0.103. The van der Waals surface area contributed by atoms with Crippen LogP contribution in [0, 0.1) is 17.1 Å². The van der Waals surface area contributed by atoms with E-state index in [-0.39, 0.29) is 18.3 Å². The first kappa shape index (κ1) is 20.2. The first-order valence-electron chi connectivity index (χ1n) is 10.6. The number of nitrogens with one attached hydrogen (secondary N) is 2. The summed E-state index contributed by atoms with van der Waals surface area (Å²) in [4.78, 5) is 9.51. The van der Waals surface area contributed by atoms with Crippen molar-refractivity contribution in [2.75, 3.05) is 23.8 Å². The highest BCUT2D eigenvalue weighted by Crippen LogP contribution is 2.40. The van der Waals surface area contributed by atoms with E-state index in [0.717, 1.165) is 35.5 Å². The van der Waals surface area contributed by atoms with Gasteiger partial charge >= 0.3 is 0 Å². The molecular weight excluding hydrogens is 409 g/mol. The van der Waals surface area contributed by atoms with Crippen LogP contribution in [0.4, 0.5) is 21.8 Å². The zero-order chi connectivity index (χ0) is 22.1. The van der Waals surface area contributed by atoms with Crippen molar-refractivity contribution in [3.63, 3.8) is 0 Å². The molecule has 0 saturated heterocycles. The molecule has 1 aromatic heterocycles. The molecule has 1 aliphatic heterocycles. The number of nitrogens with zero attached hydrogens (tertiary/aromatic N) is 3. The van der Waals surface area contributed by atoms with Gasteiger partial charge in [-0.15, -0.1) is 0 Å². The third-order valence-electron chi connectivity index (χ3n) is 5.88. The fraction of sp³-hybridized carbons (Fsp3) is 0.292. The normalized spacial score (nSPS) is 19.7. The molecule has 5 rings (SSSR count). The topological polar surface area (TPSA) is 103 Å². The van der Waals surface area contributed by atoms with Gasteiger partial charge in [0.2, 0.25) is 5.95 Å². The average Bonchev–Trinajstić information content (AvgIpc) is 3.22. The lowest BCUT2D eigenvalue weighted by Crippen LogP contribution is -2.21. The van der Waals surface area contributed by atoms with Crippen LogP contribution in [0.15, 0.2) is 42.5 Å². The summed E-state index contributed by atoms with van der Waals surface area (Å²) in [6.07, 6.45) is 1.45. The summed E-state index contributed by atoms with van der Waals surface area (Å²) in [7, 11) is 0. The van der Waals surface area contributed by atoms with E-state index >= 15 is 0 Å². The fourth-order valence-electron chi connectivity index (χ4n) is 4.25. The molecule has 2 heterocycles. The minimum absolute atomic E-state index is 0.0517. The number of rotatable bonds is 1. The maximum atomic E-state index is 13.4. The Labute approximate surface area is 184 Å². The monoisotopic (exact) mass is 431 g/mol. The summed E-state index contributed by atoms with van der Waals surface area (Å²) in [5.41, 5.74) is 4.05. The molecule has 2 atom stereocenters. The van der Waals surface area contributed by atoms with E-state index in [1.54, 1.807) is 30.3 Å². The molecular formula is C24H22FN5O2. The SMILES string of the molecule is N#Cc1ccc2cc1OCC(O)CCNc1nc(nc3c1CCC3c1ccc(F)cc1)N2. The molecule has 1 aliphatic carbocycles. The molecule has 162 valence electrons. The van der Waals surface area contributed by atoms with Gasteiger partial charge in [0.25, 0.3) is 0 Å². The maximum absolute atomic E-state index is 13.4. The smallest absolute Gasteiger partial charge is 0.229 e. The predicted octanol–water partition coefficient (Wildman–Crippen LogP) is 3.86. The van der Waals surface area contributed by atoms with Gasteiger partial charge in [-0.25, -0.2) is 9.37 Å². The van der Waals surface area contributed by atoms with Crippen molar-refractivity contribution in [3.8, 4) is 11.8 Å². The fourth-order valence-corrected chi connectivity index (χ4v) is 4.25. The minimum Gasteiger partial charge on any atom is -0.489 e. The van der Waals surface area contributed by atoms with Crippen molar-refractivity contribution >= 4 is 17.5 Å². The lowest BCUT2D eigenvalue weighted by atomic mass is 9.97. The minimum atomic E-state index is -0.687. The number of benzene rings is 2. The van der Waals surface area contributed by atoms with E-state index < -0.39 is 6.10 Å². The van der Waals surface area contributed by atoms with Crippen LogP contribution in [0.3, 0.4) is 0 Å². The molecule has 0 saturated carbocycles. The summed E-state index contributed by atoms with van der Waals surface area (Å²) in [6.45, 7) is 0.602. The van der Waals surface area contributed by atoms with E-state index in [0.29, 0.717) is 35.9 Å². The van der Waals surface area contributed by atoms with Crippen molar-refractivity contribution in [3.05, 3.63) is 70.7 Å². The van der Waals surface area contributed by atoms with Crippen LogP contribution >= 0.6 is 0 Å². The highest BCUT2D eigenvalue weighted by atomic mass is 19.1. The van der Waals surface area contributed by atoms with Gasteiger partial charge in [-0.3, -0.25) is 0 Å². The first-order valence-corrected chi connectivity index (χ1v) is 10.6. The van der Waals surface area contributed by atoms with E-state index in [9.17, 15) is 14.8 Å². The summed E-state index contributed by atoms with van der Waals surface area (Å²) >= 11 is 0. The molecule has 4 bridgehead atoms. The summed E-state index contributed by atoms with van der Waals surface area (Å²) in [5, 5.41) is 26.2. The van der Waals surface area contributed by atoms with Crippen LogP contribution < -0.4 is 15.4 Å². The van der Waals surface area contributed by atoms with Crippen LogP contribution in [0.25, 0.3) is 0 Å². The highest BCUT2D eigenvalue weighted by molar-refractivity contribution is 5.63. The van der Waals surface area contributed by atoms with Gasteiger partial charge in [-0.1, -0.05) is 12.1 Å². The quantitative estimate of drug-likeness (QED) is 0.537. The van der Waals surface area contributed by atoms with Gasteiger partial charge in [0.05, 0.1) is 17.4 Å². The number of aromatic nitrogens is 2. The number of ether oxygens (including phenoxy) is 1. The number of aliphatic hydroxyl groups excluding tert-OH is 1. The molecule has 0 spiro atoms. The third-order valence-corrected chi connectivity index (χ3v) is 5.88. The van der Waals surface area contributed by atoms with Gasteiger partial charge in [0.1, 0.15) is 30.1 Å². The summed E-state index contributed by atoms with van der Waals surface area (Å²) in [5.74, 6) is 1.35. The Morgan fingerprint density at radius 3 is 2.78 bits per heavy atom. The Balaban J connectivity index is 1.57. The average molecular weight is 431 g/mol. The number of hydrogen-bond donors (Lipinski definition) is 3. The molecule has 32 heavy (non-hydrogen) atoms. The number of halogens is 1. The van der Waals surface area contributed by atoms with Crippen molar-refractivity contribution in [2.45, 2.75) is 31.3 Å². The van der Waals surface area contributed by atoms with Gasteiger partial charge in [-0.05, 0) is 49.1 Å².